The summed E-state index contributed by atoms with van der Waals surface area (Å²) in [5, 5.41) is 21.3. The average Bonchev–Trinajstić information content (AvgIpc) is 3.14. The number of aromatic carboxylic acids is 1. The van der Waals surface area contributed by atoms with Crippen LogP contribution in [0.2, 0.25) is 0 Å². The van der Waals surface area contributed by atoms with Crippen molar-refractivity contribution in [3.8, 4) is 5.88 Å². The molecule has 5 rings (SSSR count). The molecular weight excluding hydrogens is 454 g/mol. The highest BCUT2D eigenvalue weighted by molar-refractivity contribution is 6.22. The van der Waals surface area contributed by atoms with Gasteiger partial charge in [-0.1, -0.05) is 12.1 Å². The third-order valence-corrected chi connectivity index (χ3v) is 6.74. The van der Waals surface area contributed by atoms with Gasteiger partial charge in [-0.05, 0) is 55.1 Å². The van der Waals surface area contributed by atoms with Crippen molar-refractivity contribution in [1.82, 2.24) is 19.4 Å². The first kappa shape index (κ1) is 23.7. The van der Waals surface area contributed by atoms with E-state index < -0.39 is 5.97 Å². The number of hydrogen-bond acceptors (Lipinski definition) is 6. The van der Waals surface area contributed by atoms with E-state index in [1.165, 1.54) is 11.6 Å². The first-order chi connectivity index (χ1) is 17.4. The van der Waals surface area contributed by atoms with Gasteiger partial charge >= 0.3 is 5.97 Å². The van der Waals surface area contributed by atoms with E-state index in [2.05, 4.69) is 34.0 Å². The molecule has 0 atom stereocenters. The largest absolute Gasteiger partial charge is 0.494 e. The zero-order valence-corrected chi connectivity index (χ0v) is 20.4. The van der Waals surface area contributed by atoms with Crippen LogP contribution in [0.25, 0.3) is 10.9 Å². The van der Waals surface area contributed by atoms with Crippen LogP contribution >= 0.6 is 0 Å². The number of hydrogen-bond donors (Lipinski definition) is 2. The van der Waals surface area contributed by atoms with Gasteiger partial charge in [0, 0.05) is 63.1 Å². The first-order valence-electron chi connectivity index (χ1n) is 11.9. The predicted octanol–water partition coefficient (Wildman–Crippen LogP) is 3.89. The maximum Gasteiger partial charge on any atom is 0.335 e. The number of aliphatic imine (C=N–C) groups is 1. The number of aryl methyl sites for hydroxylation is 1. The number of benzene rings is 2. The number of piperazine rings is 1. The van der Waals surface area contributed by atoms with Gasteiger partial charge in [0.15, 0.2) is 0 Å². The van der Waals surface area contributed by atoms with Crippen molar-refractivity contribution >= 4 is 28.3 Å². The number of nitrogens with zero attached hydrogens (tertiary/aromatic N) is 5. The number of aromatic hydroxyl groups is 1. The smallest absolute Gasteiger partial charge is 0.335 e. The normalized spacial score (nSPS) is 15.4. The minimum atomic E-state index is -1.03. The van der Waals surface area contributed by atoms with Crippen molar-refractivity contribution < 1.29 is 15.0 Å². The van der Waals surface area contributed by atoms with Crippen molar-refractivity contribution in [2.75, 3.05) is 33.2 Å². The van der Waals surface area contributed by atoms with Crippen molar-refractivity contribution in [2.24, 2.45) is 12.0 Å². The van der Waals surface area contributed by atoms with E-state index in [9.17, 15) is 15.0 Å². The minimum absolute atomic E-state index is 0.0173. The fourth-order valence-corrected chi connectivity index (χ4v) is 4.68. The van der Waals surface area contributed by atoms with Gasteiger partial charge in [-0.25, -0.2) is 9.79 Å². The Bertz CT molecular complexity index is 1440. The Hall–Kier alpha value is -4.01. The Kier molecular flexibility index (Phi) is 6.54. The summed E-state index contributed by atoms with van der Waals surface area (Å²) in [7, 11) is 3.90. The predicted molar refractivity (Wildman–Crippen MR) is 140 cm³/mol. The second-order valence-electron chi connectivity index (χ2n) is 9.25. The molecule has 1 saturated heterocycles. The number of pyridine rings is 1. The second kappa shape index (κ2) is 9.93. The monoisotopic (exact) mass is 483 g/mol. The number of fused-ring (bicyclic) bond motifs is 1. The minimum Gasteiger partial charge on any atom is -0.494 e. The molecule has 1 aliphatic rings. The topological polar surface area (TPSA) is 94.2 Å². The van der Waals surface area contributed by atoms with Gasteiger partial charge < -0.3 is 19.7 Å². The molecule has 2 aromatic carbocycles. The lowest BCUT2D eigenvalue weighted by Gasteiger charge is -2.32. The molecule has 3 heterocycles. The average molecular weight is 484 g/mol. The number of carbonyl (C=O) groups is 1. The highest BCUT2D eigenvalue weighted by Crippen LogP contribution is 2.34. The molecule has 4 aromatic rings. The lowest BCUT2D eigenvalue weighted by Crippen LogP contribution is -2.43. The van der Waals surface area contributed by atoms with Crippen LogP contribution in [0.1, 0.15) is 27.0 Å². The van der Waals surface area contributed by atoms with Crippen LogP contribution in [0.4, 0.5) is 5.69 Å². The lowest BCUT2D eigenvalue weighted by molar-refractivity contribution is 0.0697. The molecule has 0 radical (unpaired) electrons. The van der Waals surface area contributed by atoms with Crippen molar-refractivity contribution in [1.29, 1.82) is 0 Å². The summed E-state index contributed by atoms with van der Waals surface area (Å²) in [5.41, 5.74) is 4.53. The molecule has 1 aliphatic heterocycles. The molecular formula is C28H29N5O3. The van der Waals surface area contributed by atoms with E-state index in [-0.39, 0.29) is 11.4 Å². The van der Waals surface area contributed by atoms with E-state index in [4.69, 9.17) is 4.99 Å². The Balaban J connectivity index is 1.61. The zero-order chi connectivity index (χ0) is 25.2. The number of carboxylic acid groups (broad SMARTS) is 1. The summed E-state index contributed by atoms with van der Waals surface area (Å²) in [4.78, 5) is 25.7. The standard InChI is InChI=1S/C28H29N5O3/c1-31-11-13-33(14-12-31)18-19-5-3-7-22(15-19)30-26(21-6-4-10-29-17-21)25-23-16-20(28(35)36)8-9-24(23)32(2)27(25)34/h3-10,15-17,34H,11-14,18H2,1-2H3,(H,35,36). The Morgan fingerprint density at radius 1 is 1.00 bits per heavy atom. The Morgan fingerprint density at radius 2 is 1.81 bits per heavy atom. The van der Waals surface area contributed by atoms with Gasteiger partial charge in [-0.3, -0.25) is 9.88 Å². The van der Waals surface area contributed by atoms with Crippen LogP contribution in [0.5, 0.6) is 5.88 Å². The SMILES string of the molecule is CN1CCN(Cc2cccc(N=C(c3cccnc3)c3c(O)n(C)c4ccc(C(=O)O)cc34)c2)CC1. The highest BCUT2D eigenvalue weighted by atomic mass is 16.4. The maximum absolute atomic E-state index is 11.7. The Morgan fingerprint density at radius 3 is 2.53 bits per heavy atom. The molecule has 0 spiro atoms. The molecule has 8 nitrogen and oxygen atoms in total. The molecule has 0 aliphatic carbocycles. The van der Waals surface area contributed by atoms with Gasteiger partial charge in [-0.2, -0.15) is 0 Å². The molecule has 0 saturated carbocycles. The van der Waals surface area contributed by atoms with Crippen molar-refractivity contribution in [3.63, 3.8) is 0 Å². The molecule has 184 valence electrons. The summed E-state index contributed by atoms with van der Waals surface area (Å²) < 4.78 is 1.64. The van der Waals surface area contributed by atoms with Crippen molar-refractivity contribution in [3.05, 3.63) is 89.2 Å². The van der Waals surface area contributed by atoms with Crippen LogP contribution < -0.4 is 0 Å². The summed E-state index contributed by atoms with van der Waals surface area (Å²) in [5.74, 6) is -1.01. The number of rotatable bonds is 6. The van der Waals surface area contributed by atoms with E-state index in [1.54, 1.807) is 36.1 Å². The number of likely N-dealkylation sites (N-methyl/N-ethyl adjacent to an activating group) is 1. The molecule has 0 amide bonds. The fourth-order valence-electron chi connectivity index (χ4n) is 4.68. The summed E-state index contributed by atoms with van der Waals surface area (Å²) in [6.45, 7) is 5.02. The van der Waals surface area contributed by atoms with E-state index in [1.807, 2.05) is 24.3 Å². The quantitative estimate of drug-likeness (QED) is 0.404. The van der Waals surface area contributed by atoms with Crippen LogP contribution in [-0.2, 0) is 13.6 Å². The second-order valence-corrected chi connectivity index (χ2v) is 9.25. The molecule has 2 N–H and O–H groups in total. The summed E-state index contributed by atoms with van der Waals surface area (Å²) in [6, 6.07) is 16.7. The van der Waals surface area contributed by atoms with Gasteiger partial charge in [0.25, 0.3) is 0 Å². The van der Waals surface area contributed by atoms with Gasteiger partial charge in [0.2, 0.25) is 5.88 Å². The van der Waals surface area contributed by atoms with E-state index in [0.717, 1.165) is 44.0 Å². The number of aromatic nitrogens is 2. The third kappa shape index (κ3) is 4.73. The van der Waals surface area contributed by atoms with Crippen LogP contribution in [0.3, 0.4) is 0 Å². The summed E-state index contributed by atoms with van der Waals surface area (Å²) in [6.07, 6.45) is 3.38. The van der Waals surface area contributed by atoms with E-state index >= 15 is 0 Å². The molecule has 0 bridgehead atoms. The number of carboxylic acids is 1. The fraction of sp³-hybridized carbons (Fsp3) is 0.250. The lowest BCUT2D eigenvalue weighted by atomic mass is 10.0. The van der Waals surface area contributed by atoms with Crippen LogP contribution in [0.15, 0.2) is 72.0 Å². The van der Waals surface area contributed by atoms with Crippen molar-refractivity contribution in [2.45, 2.75) is 6.54 Å². The van der Waals surface area contributed by atoms with Gasteiger partial charge in [0.1, 0.15) is 0 Å². The maximum atomic E-state index is 11.7. The Labute approximate surface area is 209 Å². The van der Waals surface area contributed by atoms with Gasteiger partial charge in [-0.15, -0.1) is 0 Å². The molecule has 0 unspecified atom stereocenters. The van der Waals surface area contributed by atoms with Crippen LogP contribution in [-0.4, -0.2) is 74.5 Å². The highest BCUT2D eigenvalue weighted by Gasteiger charge is 2.22. The zero-order valence-electron chi connectivity index (χ0n) is 20.4. The van der Waals surface area contributed by atoms with Gasteiger partial charge in [0.05, 0.1) is 28.0 Å². The summed E-state index contributed by atoms with van der Waals surface area (Å²) >= 11 is 0. The first-order valence-corrected chi connectivity index (χ1v) is 11.9. The van der Waals surface area contributed by atoms with Crippen LogP contribution in [0, 0.1) is 0 Å². The van der Waals surface area contributed by atoms with E-state index in [0.29, 0.717) is 22.2 Å². The molecule has 36 heavy (non-hydrogen) atoms. The molecule has 1 fully saturated rings. The molecule has 8 heteroatoms. The molecule has 2 aromatic heterocycles. The third-order valence-electron chi connectivity index (χ3n) is 6.74.